The zero-order valence-corrected chi connectivity index (χ0v) is 8.56. The molecule has 1 heterocycles. The maximum absolute atomic E-state index is 11.2. The summed E-state index contributed by atoms with van der Waals surface area (Å²) in [5.74, 6) is -0.305. The van der Waals surface area contributed by atoms with Gasteiger partial charge in [-0.25, -0.2) is 4.79 Å². The molecular weight excluding hydrogens is 222 g/mol. The van der Waals surface area contributed by atoms with Gasteiger partial charge in [-0.05, 0) is 35.3 Å². The number of esters is 1. The van der Waals surface area contributed by atoms with Crippen LogP contribution in [-0.4, -0.2) is 17.6 Å². The summed E-state index contributed by atoms with van der Waals surface area (Å²) < 4.78 is 5.73. The fourth-order valence-corrected chi connectivity index (χ4v) is 1.20. The molecule has 0 amide bonds. The van der Waals surface area contributed by atoms with Gasteiger partial charge in [-0.2, -0.15) is 0 Å². The van der Waals surface area contributed by atoms with Crippen LogP contribution in [0, 0.1) is 6.92 Å². The lowest BCUT2D eigenvalue weighted by Crippen LogP contribution is -2.06. The van der Waals surface area contributed by atoms with E-state index in [1.165, 1.54) is 0 Å². The molecule has 1 aromatic heterocycles. The first-order valence-corrected chi connectivity index (χ1v) is 4.46. The molecule has 1 rings (SSSR count). The maximum Gasteiger partial charge on any atom is 0.355 e. The molecule has 3 nitrogen and oxygen atoms in total. The molecule has 0 unspecified atom stereocenters. The van der Waals surface area contributed by atoms with Crippen molar-refractivity contribution in [3.8, 4) is 0 Å². The minimum absolute atomic E-state index is 0.305. The zero-order valence-electron chi connectivity index (χ0n) is 6.98. The van der Waals surface area contributed by atoms with Crippen LogP contribution < -0.4 is 0 Å². The Kier molecular flexibility index (Phi) is 2.92. The summed E-state index contributed by atoms with van der Waals surface area (Å²) in [6, 6.07) is 0. The SMILES string of the molecule is CCOC(=O)c1[nH]cc(Br)c1C. The molecule has 0 aliphatic rings. The molecule has 0 fully saturated rings. The lowest BCUT2D eigenvalue weighted by molar-refractivity contribution is 0.0519. The number of ether oxygens (including phenoxy) is 1. The summed E-state index contributed by atoms with van der Waals surface area (Å²) in [6.45, 7) is 4.03. The van der Waals surface area contributed by atoms with Gasteiger partial charge in [0.05, 0.1) is 6.61 Å². The van der Waals surface area contributed by atoms with E-state index in [2.05, 4.69) is 20.9 Å². The Morgan fingerprint density at radius 3 is 2.83 bits per heavy atom. The van der Waals surface area contributed by atoms with Crippen LogP contribution in [0.3, 0.4) is 0 Å². The van der Waals surface area contributed by atoms with Crippen LogP contribution in [0.15, 0.2) is 10.7 Å². The molecular formula is C8H10BrNO2. The Bertz CT molecular complexity index is 293. The van der Waals surface area contributed by atoms with E-state index in [1.807, 2.05) is 6.92 Å². The number of aromatic nitrogens is 1. The summed E-state index contributed by atoms with van der Waals surface area (Å²) in [5.41, 5.74) is 1.40. The molecule has 12 heavy (non-hydrogen) atoms. The highest BCUT2D eigenvalue weighted by Crippen LogP contribution is 2.19. The highest BCUT2D eigenvalue weighted by molar-refractivity contribution is 9.10. The first-order chi connectivity index (χ1) is 5.66. The number of carbonyl (C=O) groups is 1. The van der Waals surface area contributed by atoms with Crippen LogP contribution in [0.1, 0.15) is 23.0 Å². The predicted molar refractivity (Wildman–Crippen MR) is 49.2 cm³/mol. The van der Waals surface area contributed by atoms with Gasteiger partial charge in [0, 0.05) is 10.7 Å². The van der Waals surface area contributed by atoms with Crippen molar-refractivity contribution in [3.63, 3.8) is 0 Å². The molecule has 0 aliphatic carbocycles. The molecule has 66 valence electrons. The van der Waals surface area contributed by atoms with Crippen LogP contribution in [-0.2, 0) is 4.74 Å². The van der Waals surface area contributed by atoms with Crippen molar-refractivity contribution < 1.29 is 9.53 Å². The van der Waals surface area contributed by atoms with Gasteiger partial charge in [0.15, 0.2) is 0 Å². The Labute approximate surface area is 79.2 Å². The molecule has 0 radical (unpaired) electrons. The van der Waals surface area contributed by atoms with Gasteiger partial charge < -0.3 is 9.72 Å². The number of aromatic amines is 1. The Hall–Kier alpha value is -0.770. The number of rotatable bonds is 2. The fourth-order valence-electron chi connectivity index (χ4n) is 0.887. The Morgan fingerprint density at radius 1 is 1.75 bits per heavy atom. The molecule has 0 aliphatic heterocycles. The van der Waals surface area contributed by atoms with Crippen molar-refractivity contribution >= 4 is 21.9 Å². The average molecular weight is 232 g/mol. The highest BCUT2D eigenvalue weighted by Gasteiger charge is 2.13. The quantitative estimate of drug-likeness (QED) is 0.794. The molecule has 4 heteroatoms. The smallest absolute Gasteiger partial charge is 0.355 e. The summed E-state index contributed by atoms with van der Waals surface area (Å²) in [5, 5.41) is 0. The average Bonchev–Trinajstić information content (AvgIpc) is 2.34. The third kappa shape index (κ3) is 1.69. The van der Waals surface area contributed by atoms with Crippen LogP contribution in [0.5, 0.6) is 0 Å². The third-order valence-electron chi connectivity index (χ3n) is 1.56. The number of hydrogen-bond acceptors (Lipinski definition) is 2. The fraction of sp³-hybridized carbons (Fsp3) is 0.375. The van der Waals surface area contributed by atoms with E-state index in [0.29, 0.717) is 12.3 Å². The molecule has 0 saturated carbocycles. The molecule has 0 bridgehead atoms. The van der Waals surface area contributed by atoms with Crippen molar-refractivity contribution in [2.75, 3.05) is 6.61 Å². The largest absolute Gasteiger partial charge is 0.461 e. The summed E-state index contributed by atoms with van der Waals surface area (Å²) in [4.78, 5) is 14.0. The first-order valence-electron chi connectivity index (χ1n) is 3.67. The van der Waals surface area contributed by atoms with Crippen molar-refractivity contribution in [3.05, 3.63) is 21.9 Å². The second-order valence-corrected chi connectivity index (χ2v) is 3.21. The molecule has 1 aromatic rings. The molecule has 0 saturated heterocycles. The van der Waals surface area contributed by atoms with Crippen molar-refractivity contribution in [1.29, 1.82) is 0 Å². The van der Waals surface area contributed by atoms with E-state index in [9.17, 15) is 4.79 Å². The molecule has 0 spiro atoms. The third-order valence-corrected chi connectivity index (χ3v) is 2.38. The van der Waals surface area contributed by atoms with E-state index < -0.39 is 0 Å². The maximum atomic E-state index is 11.2. The summed E-state index contributed by atoms with van der Waals surface area (Å²) in [6.07, 6.45) is 1.72. The number of hydrogen-bond donors (Lipinski definition) is 1. The van der Waals surface area contributed by atoms with Crippen LogP contribution >= 0.6 is 15.9 Å². The molecule has 0 atom stereocenters. The topological polar surface area (TPSA) is 42.1 Å². The minimum Gasteiger partial charge on any atom is -0.461 e. The lowest BCUT2D eigenvalue weighted by atomic mass is 10.3. The van der Waals surface area contributed by atoms with E-state index in [1.54, 1.807) is 13.1 Å². The standard InChI is InChI=1S/C8H10BrNO2/c1-3-12-8(11)7-5(2)6(9)4-10-7/h4,10H,3H2,1-2H3. The van der Waals surface area contributed by atoms with Gasteiger partial charge in [0.1, 0.15) is 5.69 Å². The van der Waals surface area contributed by atoms with Crippen molar-refractivity contribution in [2.24, 2.45) is 0 Å². The van der Waals surface area contributed by atoms with Gasteiger partial charge in [-0.3, -0.25) is 0 Å². The second kappa shape index (κ2) is 3.76. The highest BCUT2D eigenvalue weighted by atomic mass is 79.9. The van der Waals surface area contributed by atoms with Gasteiger partial charge in [-0.15, -0.1) is 0 Å². The van der Waals surface area contributed by atoms with Crippen molar-refractivity contribution in [1.82, 2.24) is 4.98 Å². The van der Waals surface area contributed by atoms with Crippen LogP contribution in [0.2, 0.25) is 0 Å². The van der Waals surface area contributed by atoms with E-state index in [4.69, 9.17) is 4.74 Å². The minimum atomic E-state index is -0.305. The summed E-state index contributed by atoms with van der Waals surface area (Å²) >= 11 is 3.30. The van der Waals surface area contributed by atoms with Gasteiger partial charge in [-0.1, -0.05) is 0 Å². The predicted octanol–water partition coefficient (Wildman–Crippen LogP) is 2.26. The first kappa shape index (κ1) is 9.32. The van der Waals surface area contributed by atoms with Gasteiger partial charge in [0.25, 0.3) is 0 Å². The molecule has 1 N–H and O–H groups in total. The number of halogens is 1. The zero-order chi connectivity index (χ0) is 9.14. The number of carbonyl (C=O) groups excluding carboxylic acids is 1. The lowest BCUT2D eigenvalue weighted by Gasteiger charge is -1.99. The second-order valence-electron chi connectivity index (χ2n) is 2.36. The van der Waals surface area contributed by atoms with Crippen molar-refractivity contribution in [2.45, 2.75) is 13.8 Å². The van der Waals surface area contributed by atoms with E-state index in [-0.39, 0.29) is 5.97 Å². The monoisotopic (exact) mass is 231 g/mol. The Balaban J connectivity index is 2.88. The summed E-state index contributed by atoms with van der Waals surface area (Å²) in [7, 11) is 0. The van der Waals surface area contributed by atoms with Crippen LogP contribution in [0.4, 0.5) is 0 Å². The van der Waals surface area contributed by atoms with Gasteiger partial charge in [0.2, 0.25) is 0 Å². The van der Waals surface area contributed by atoms with Crippen LogP contribution in [0.25, 0.3) is 0 Å². The normalized spacial score (nSPS) is 9.92. The molecule has 0 aromatic carbocycles. The Morgan fingerprint density at radius 2 is 2.42 bits per heavy atom. The number of H-pyrrole nitrogens is 1. The van der Waals surface area contributed by atoms with Gasteiger partial charge >= 0.3 is 5.97 Å². The van der Waals surface area contributed by atoms with E-state index >= 15 is 0 Å². The van der Waals surface area contributed by atoms with E-state index in [0.717, 1.165) is 10.0 Å². The number of nitrogens with one attached hydrogen (secondary N) is 1.